The molecule has 1 amide bonds. The molecule has 112 valence electrons. The molecule has 1 aromatic carbocycles. The number of carbonyl (C=O) groups excluding carboxylic acids is 1. The lowest BCUT2D eigenvalue weighted by atomic mass is 10.3. The predicted octanol–water partition coefficient (Wildman–Crippen LogP) is -0.103. The lowest BCUT2D eigenvalue weighted by molar-refractivity contribution is -0.124. The fourth-order valence-corrected chi connectivity index (χ4v) is 2.46. The van der Waals surface area contributed by atoms with E-state index in [9.17, 15) is 13.2 Å². The summed E-state index contributed by atoms with van der Waals surface area (Å²) >= 11 is 0. The van der Waals surface area contributed by atoms with Crippen molar-refractivity contribution < 1.29 is 17.9 Å². The van der Waals surface area contributed by atoms with Crippen LogP contribution >= 0.6 is 0 Å². The van der Waals surface area contributed by atoms with Crippen LogP contribution in [0.25, 0.3) is 0 Å². The Bertz CT molecular complexity index is 560. The molecule has 0 aliphatic heterocycles. The lowest BCUT2D eigenvalue weighted by Gasteiger charge is -2.11. The van der Waals surface area contributed by atoms with E-state index >= 15 is 0 Å². The normalized spacial score (nSPS) is 12.9. The zero-order chi connectivity index (χ0) is 15.2. The van der Waals surface area contributed by atoms with E-state index in [1.165, 1.54) is 19.2 Å². The van der Waals surface area contributed by atoms with Gasteiger partial charge in [-0.3, -0.25) is 4.79 Å². The average molecular weight is 301 g/mol. The van der Waals surface area contributed by atoms with Crippen LogP contribution in [-0.4, -0.2) is 40.6 Å². The molecule has 0 spiro atoms. The maximum absolute atomic E-state index is 11.9. The molecule has 0 aliphatic rings. The summed E-state index contributed by atoms with van der Waals surface area (Å²) in [5.41, 5.74) is 5.64. The van der Waals surface area contributed by atoms with Gasteiger partial charge >= 0.3 is 0 Å². The minimum absolute atomic E-state index is 0.0637. The van der Waals surface area contributed by atoms with E-state index in [0.29, 0.717) is 5.69 Å². The van der Waals surface area contributed by atoms with Gasteiger partial charge in [0.15, 0.2) is 0 Å². The van der Waals surface area contributed by atoms with Gasteiger partial charge in [0.05, 0.1) is 4.90 Å². The number of hydrogen-bond acceptors (Lipinski definition) is 5. The Morgan fingerprint density at radius 3 is 2.75 bits per heavy atom. The molecule has 7 nitrogen and oxygen atoms in total. The van der Waals surface area contributed by atoms with E-state index in [1.54, 1.807) is 19.1 Å². The van der Waals surface area contributed by atoms with Gasteiger partial charge in [0.2, 0.25) is 10.0 Å². The van der Waals surface area contributed by atoms with E-state index in [0.717, 1.165) is 0 Å². The minimum Gasteiger partial charge on any atom is -0.372 e. The molecule has 0 aromatic heterocycles. The van der Waals surface area contributed by atoms with Gasteiger partial charge < -0.3 is 15.8 Å². The average Bonchev–Trinajstić information content (AvgIpc) is 2.44. The number of carbonyl (C=O) groups is 1. The number of nitrogens with two attached hydrogens (primary N) is 1. The molecule has 8 heteroatoms. The molecule has 1 atom stereocenters. The number of sulfonamides is 1. The molecular weight excluding hydrogens is 282 g/mol. The summed E-state index contributed by atoms with van der Waals surface area (Å²) in [5, 5.41) is 2.58. The molecule has 0 fully saturated rings. The van der Waals surface area contributed by atoms with Gasteiger partial charge in [0.25, 0.3) is 5.91 Å². The van der Waals surface area contributed by atoms with Gasteiger partial charge in [-0.2, -0.15) is 0 Å². The molecule has 0 saturated carbocycles. The first kappa shape index (κ1) is 16.6. The van der Waals surface area contributed by atoms with Crippen LogP contribution in [0.5, 0.6) is 0 Å². The van der Waals surface area contributed by atoms with E-state index in [4.69, 9.17) is 10.5 Å². The van der Waals surface area contributed by atoms with Gasteiger partial charge in [-0.05, 0) is 25.1 Å². The summed E-state index contributed by atoms with van der Waals surface area (Å²) in [5.74, 6) is -0.350. The number of anilines is 1. The van der Waals surface area contributed by atoms with E-state index in [2.05, 4.69) is 10.0 Å². The first-order valence-electron chi connectivity index (χ1n) is 6.04. The van der Waals surface area contributed by atoms with Gasteiger partial charge in [-0.25, -0.2) is 13.1 Å². The Morgan fingerprint density at radius 2 is 2.15 bits per heavy atom. The predicted molar refractivity (Wildman–Crippen MR) is 75.8 cm³/mol. The summed E-state index contributed by atoms with van der Waals surface area (Å²) in [7, 11) is -2.20. The highest BCUT2D eigenvalue weighted by molar-refractivity contribution is 7.89. The Balaban J connectivity index is 2.88. The molecule has 20 heavy (non-hydrogen) atoms. The summed E-state index contributed by atoms with van der Waals surface area (Å²) in [6, 6.07) is 5.96. The zero-order valence-electron chi connectivity index (χ0n) is 11.4. The molecule has 1 unspecified atom stereocenters. The first-order valence-corrected chi connectivity index (χ1v) is 7.52. The number of ether oxygens (including phenoxy) is 1. The van der Waals surface area contributed by atoms with Crippen LogP contribution in [0.4, 0.5) is 5.69 Å². The number of nitrogens with one attached hydrogen (secondary N) is 2. The SMILES string of the molecule is COC(C)C(=O)Nc1cccc(S(=O)(=O)NCCN)c1. The van der Waals surface area contributed by atoms with Crippen LogP contribution in [0.2, 0.25) is 0 Å². The largest absolute Gasteiger partial charge is 0.372 e. The van der Waals surface area contributed by atoms with Crippen LogP contribution in [0.1, 0.15) is 6.92 Å². The molecule has 0 bridgehead atoms. The number of benzene rings is 1. The first-order chi connectivity index (χ1) is 9.40. The summed E-state index contributed by atoms with van der Waals surface area (Å²) in [6.45, 7) is 1.96. The highest BCUT2D eigenvalue weighted by atomic mass is 32.2. The van der Waals surface area contributed by atoms with Crippen molar-refractivity contribution in [3.8, 4) is 0 Å². The third kappa shape index (κ3) is 4.57. The standard InChI is InChI=1S/C12H19N3O4S/c1-9(19-2)12(16)15-10-4-3-5-11(8-10)20(17,18)14-7-6-13/h3-5,8-9,14H,6-7,13H2,1-2H3,(H,15,16). The minimum atomic E-state index is -3.62. The Morgan fingerprint density at radius 1 is 1.45 bits per heavy atom. The highest BCUT2D eigenvalue weighted by Crippen LogP contribution is 2.15. The lowest BCUT2D eigenvalue weighted by Crippen LogP contribution is -2.29. The smallest absolute Gasteiger partial charge is 0.253 e. The molecular formula is C12H19N3O4S. The maximum atomic E-state index is 11.9. The second kappa shape index (κ2) is 7.34. The van der Waals surface area contributed by atoms with Crippen molar-refractivity contribution in [1.29, 1.82) is 0 Å². The van der Waals surface area contributed by atoms with Crippen molar-refractivity contribution in [3.05, 3.63) is 24.3 Å². The molecule has 0 aliphatic carbocycles. The van der Waals surface area contributed by atoms with Crippen LogP contribution < -0.4 is 15.8 Å². The van der Waals surface area contributed by atoms with Crippen molar-refractivity contribution in [3.63, 3.8) is 0 Å². The van der Waals surface area contributed by atoms with Gasteiger partial charge in [-0.15, -0.1) is 0 Å². The quantitative estimate of drug-likeness (QED) is 0.651. The Hall–Kier alpha value is -1.48. The molecule has 0 heterocycles. The zero-order valence-corrected chi connectivity index (χ0v) is 12.2. The van der Waals surface area contributed by atoms with Gasteiger partial charge in [0.1, 0.15) is 6.10 Å². The molecule has 0 saturated heterocycles. The van der Waals surface area contributed by atoms with Crippen molar-refractivity contribution in [2.75, 3.05) is 25.5 Å². The monoisotopic (exact) mass is 301 g/mol. The highest BCUT2D eigenvalue weighted by Gasteiger charge is 2.15. The summed E-state index contributed by atoms with van der Waals surface area (Å²) in [4.78, 5) is 11.7. The van der Waals surface area contributed by atoms with Crippen molar-refractivity contribution in [1.82, 2.24) is 4.72 Å². The van der Waals surface area contributed by atoms with Crippen LogP contribution in [-0.2, 0) is 19.6 Å². The van der Waals surface area contributed by atoms with E-state index in [1.807, 2.05) is 0 Å². The summed E-state index contributed by atoms with van der Waals surface area (Å²) in [6.07, 6.45) is -0.620. The molecule has 1 aromatic rings. The van der Waals surface area contributed by atoms with E-state index in [-0.39, 0.29) is 23.9 Å². The number of methoxy groups -OCH3 is 1. The number of rotatable bonds is 7. The Kier molecular flexibility index (Phi) is 6.08. The number of hydrogen-bond donors (Lipinski definition) is 3. The molecule has 0 radical (unpaired) electrons. The third-order valence-corrected chi connectivity index (χ3v) is 4.03. The van der Waals surface area contributed by atoms with E-state index < -0.39 is 16.1 Å². The number of amides is 1. The Labute approximate surface area is 118 Å². The van der Waals surface area contributed by atoms with Gasteiger partial charge in [0, 0.05) is 25.9 Å². The van der Waals surface area contributed by atoms with Gasteiger partial charge in [-0.1, -0.05) is 6.07 Å². The fraction of sp³-hybridized carbons (Fsp3) is 0.417. The van der Waals surface area contributed by atoms with Crippen molar-refractivity contribution >= 4 is 21.6 Å². The van der Waals surface area contributed by atoms with Crippen LogP contribution in [0, 0.1) is 0 Å². The summed E-state index contributed by atoms with van der Waals surface area (Å²) < 4.78 is 31.1. The second-order valence-electron chi connectivity index (χ2n) is 4.08. The van der Waals surface area contributed by atoms with Crippen molar-refractivity contribution in [2.45, 2.75) is 17.9 Å². The molecule has 1 rings (SSSR count). The second-order valence-corrected chi connectivity index (χ2v) is 5.85. The van der Waals surface area contributed by atoms with Crippen LogP contribution in [0.15, 0.2) is 29.2 Å². The molecule has 4 N–H and O–H groups in total. The van der Waals surface area contributed by atoms with Crippen LogP contribution in [0.3, 0.4) is 0 Å². The third-order valence-electron chi connectivity index (χ3n) is 2.57. The fourth-order valence-electron chi connectivity index (χ4n) is 1.37. The topological polar surface area (TPSA) is 111 Å². The maximum Gasteiger partial charge on any atom is 0.253 e. The van der Waals surface area contributed by atoms with Crippen molar-refractivity contribution in [2.24, 2.45) is 5.73 Å².